The van der Waals surface area contributed by atoms with E-state index in [1.807, 2.05) is 18.0 Å². The van der Waals surface area contributed by atoms with Crippen LogP contribution in [0.2, 0.25) is 0 Å². The highest BCUT2D eigenvalue weighted by Crippen LogP contribution is 2.34. The molecule has 106 valence electrons. The third-order valence-corrected chi connectivity index (χ3v) is 3.83. The summed E-state index contributed by atoms with van der Waals surface area (Å²) in [5.41, 5.74) is 1.81. The van der Waals surface area contributed by atoms with Gasteiger partial charge in [-0.25, -0.2) is 0 Å². The summed E-state index contributed by atoms with van der Waals surface area (Å²) >= 11 is 0. The second-order valence-corrected chi connectivity index (χ2v) is 5.05. The first-order chi connectivity index (χ1) is 9.74. The van der Waals surface area contributed by atoms with Crippen molar-refractivity contribution in [2.75, 3.05) is 13.2 Å². The number of rotatable bonds is 3. The predicted octanol–water partition coefficient (Wildman–Crippen LogP) is 1.90. The Balaban J connectivity index is 2.08. The topological polar surface area (TPSA) is 62.1 Å². The summed E-state index contributed by atoms with van der Waals surface area (Å²) in [4.78, 5) is 18.9. The Labute approximate surface area is 117 Å². The van der Waals surface area contributed by atoms with Crippen LogP contribution in [0.25, 0.3) is 0 Å². The fraction of sp³-hybridized carbons (Fsp3) is 0.467. The van der Waals surface area contributed by atoms with Crippen molar-refractivity contribution in [1.29, 1.82) is 0 Å². The van der Waals surface area contributed by atoms with E-state index >= 15 is 0 Å². The highest BCUT2D eigenvalue weighted by molar-refractivity contribution is 6.03. The molecule has 0 aromatic heterocycles. The number of hydrogen-bond donors (Lipinski definition) is 1. The van der Waals surface area contributed by atoms with Gasteiger partial charge in [-0.1, -0.05) is 0 Å². The van der Waals surface area contributed by atoms with Gasteiger partial charge in [-0.2, -0.15) is 0 Å². The maximum atomic E-state index is 12.6. The van der Waals surface area contributed by atoms with E-state index in [9.17, 15) is 9.90 Å². The van der Waals surface area contributed by atoms with Crippen molar-refractivity contribution in [3.05, 3.63) is 23.3 Å². The highest BCUT2D eigenvalue weighted by atomic mass is 16.5. The summed E-state index contributed by atoms with van der Waals surface area (Å²) in [7, 11) is 0. The van der Waals surface area contributed by atoms with Crippen LogP contribution in [0.4, 0.5) is 5.69 Å². The number of amides is 1. The molecule has 3 rings (SSSR count). The van der Waals surface area contributed by atoms with Crippen LogP contribution in [0.5, 0.6) is 5.75 Å². The number of ether oxygens (including phenoxy) is 1. The SMILES string of the molecule is CCOc1cc2c(cc1CO)C(=O)N1CCC[C@H]1C=N2. The largest absolute Gasteiger partial charge is 0.493 e. The van der Waals surface area contributed by atoms with Crippen molar-refractivity contribution in [2.45, 2.75) is 32.4 Å². The lowest BCUT2D eigenvalue weighted by Gasteiger charge is -2.20. The van der Waals surface area contributed by atoms with Crippen LogP contribution < -0.4 is 4.74 Å². The maximum absolute atomic E-state index is 12.6. The Kier molecular flexibility index (Phi) is 3.44. The Morgan fingerprint density at radius 1 is 1.50 bits per heavy atom. The number of aliphatic hydroxyl groups excluding tert-OH is 1. The van der Waals surface area contributed by atoms with E-state index in [1.54, 1.807) is 12.1 Å². The first-order valence-electron chi connectivity index (χ1n) is 7.00. The number of fused-ring (bicyclic) bond motifs is 2. The van der Waals surface area contributed by atoms with E-state index in [1.165, 1.54) is 0 Å². The van der Waals surface area contributed by atoms with Crippen LogP contribution >= 0.6 is 0 Å². The average Bonchev–Trinajstić information content (AvgIpc) is 2.88. The molecule has 0 radical (unpaired) electrons. The smallest absolute Gasteiger partial charge is 0.256 e. The van der Waals surface area contributed by atoms with Crippen molar-refractivity contribution in [2.24, 2.45) is 4.99 Å². The third-order valence-electron chi connectivity index (χ3n) is 3.83. The summed E-state index contributed by atoms with van der Waals surface area (Å²) in [6.45, 7) is 3.02. The molecule has 1 aromatic carbocycles. The molecule has 1 amide bonds. The number of benzene rings is 1. The fourth-order valence-corrected chi connectivity index (χ4v) is 2.83. The second kappa shape index (κ2) is 5.25. The van der Waals surface area contributed by atoms with Crippen LogP contribution in [0.15, 0.2) is 17.1 Å². The first kappa shape index (κ1) is 13.1. The molecule has 0 spiro atoms. The van der Waals surface area contributed by atoms with Gasteiger partial charge in [0.2, 0.25) is 0 Å². The zero-order valence-corrected chi connectivity index (χ0v) is 11.5. The Hall–Kier alpha value is -1.88. The standard InChI is InChI=1S/C15H18N2O3/c1-2-20-14-7-13-12(6-10(14)9-18)15(19)17-5-3-4-11(17)8-16-13/h6-8,11,18H,2-5,9H2,1H3/t11-/m0/s1. The van der Waals surface area contributed by atoms with Crippen molar-refractivity contribution in [3.63, 3.8) is 0 Å². The van der Waals surface area contributed by atoms with E-state index < -0.39 is 0 Å². The quantitative estimate of drug-likeness (QED) is 0.915. The maximum Gasteiger partial charge on any atom is 0.256 e. The number of nitrogens with zero attached hydrogens (tertiary/aromatic N) is 2. The molecular weight excluding hydrogens is 256 g/mol. The van der Waals surface area contributed by atoms with Crippen molar-refractivity contribution >= 4 is 17.8 Å². The molecule has 0 bridgehead atoms. The Morgan fingerprint density at radius 2 is 2.35 bits per heavy atom. The van der Waals surface area contributed by atoms with Gasteiger partial charge in [-0.15, -0.1) is 0 Å². The zero-order chi connectivity index (χ0) is 14.1. The normalized spacial score (nSPS) is 20.6. The van der Waals surface area contributed by atoms with Gasteiger partial charge >= 0.3 is 0 Å². The molecule has 5 heteroatoms. The number of aliphatic imine (C=N–C) groups is 1. The summed E-state index contributed by atoms with van der Waals surface area (Å²) in [5, 5.41) is 9.45. The second-order valence-electron chi connectivity index (χ2n) is 5.05. The van der Waals surface area contributed by atoms with E-state index in [-0.39, 0.29) is 18.6 Å². The molecule has 1 saturated heterocycles. The van der Waals surface area contributed by atoms with Crippen LogP contribution in [0.1, 0.15) is 35.7 Å². The molecule has 20 heavy (non-hydrogen) atoms. The minimum Gasteiger partial charge on any atom is -0.493 e. The molecule has 2 heterocycles. The molecule has 1 N–H and O–H groups in total. The lowest BCUT2D eigenvalue weighted by atomic mass is 10.1. The van der Waals surface area contributed by atoms with Crippen molar-refractivity contribution < 1.29 is 14.6 Å². The van der Waals surface area contributed by atoms with E-state index in [4.69, 9.17) is 4.74 Å². The van der Waals surface area contributed by atoms with E-state index in [0.29, 0.717) is 29.2 Å². The Bertz CT molecular complexity index is 568. The molecular formula is C15H18N2O3. The average molecular weight is 274 g/mol. The van der Waals surface area contributed by atoms with Gasteiger partial charge in [0.1, 0.15) is 5.75 Å². The lowest BCUT2D eigenvalue weighted by molar-refractivity contribution is 0.0774. The van der Waals surface area contributed by atoms with Crippen LogP contribution in [-0.4, -0.2) is 41.3 Å². The van der Waals surface area contributed by atoms with Crippen LogP contribution in [0.3, 0.4) is 0 Å². The summed E-state index contributed by atoms with van der Waals surface area (Å²) in [6, 6.07) is 3.56. The minimum absolute atomic E-state index is 0.00208. The van der Waals surface area contributed by atoms with Crippen LogP contribution in [-0.2, 0) is 6.61 Å². The summed E-state index contributed by atoms with van der Waals surface area (Å²) in [5.74, 6) is 0.596. The molecule has 0 saturated carbocycles. The highest BCUT2D eigenvalue weighted by Gasteiger charge is 2.32. The van der Waals surface area contributed by atoms with Gasteiger partial charge in [0.05, 0.1) is 30.5 Å². The molecule has 0 aliphatic carbocycles. The number of hydrogen-bond acceptors (Lipinski definition) is 4. The van der Waals surface area contributed by atoms with Gasteiger partial charge < -0.3 is 14.7 Å². The third kappa shape index (κ3) is 2.08. The van der Waals surface area contributed by atoms with Gasteiger partial charge in [-0.3, -0.25) is 9.79 Å². The number of carbonyl (C=O) groups is 1. The molecule has 0 unspecified atom stereocenters. The lowest BCUT2D eigenvalue weighted by Crippen LogP contribution is -2.35. The first-order valence-corrected chi connectivity index (χ1v) is 7.00. The Morgan fingerprint density at radius 3 is 3.10 bits per heavy atom. The predicted molar refractivity (Wildman–Crippen MR) is 75.7 cm³/mol. The van der Waals surface area contributed by atoms with Crippen LogP contribution in [0, 0.1) is 0 Å². The van der Waals surface area contributed by atoms with Gasteiger partial charge in [-0.05, 0) is 25.8 Å². The van der Waals surface area contributed by atoms with Gasteiger partial charge in [0.15, 0.2) is 0 Å². The minimum atomic E-state index is -0.150. The summed E-state index contributed by atoms with van der Waals surface area (Å²) in [6.07, 6.45) is 3.83. The molecule has 1 atom stereocenters. The monoisotopic (exact) mass is 274 g/mol. The number of aliphatic hydroxyl groups is 1. The summed E-state index contributed by atoms with van der Waals surface area (Å²) < 4.78 is 5.51. The molecule has 5 nitrogen and oxygen atoms in total. The van der Waals surface area contributed by atoms with Crippen molar-refractivity contribution in [3.8, 4) is 5.75 Å². The van der Waals surface area contributed by atoms with Gasteiger partial charge in [0.25, 0.3) is 5.91 Å². The number of carbonyl (C=O) groups excluding carboxylic acids is 1. The van der Waals surface area contributed by atoms with Gasteiger partial charge in [0, 0.05) is 24.4 Å². The molecule has 1 fully saturated rings. The van der Waals surface area contributed by atoms with Crippen molar-refractivity contribution in [1.82, 2.24) is 4.90 Å². The van der Waals surface area contributed by atoms with E-state index in [2.05, 4.69) is 4.99 Å². The molecule has 2 aliphatic heterocycles. The fourth-order valence-electron chi connectivity index (χ4n) is 2.83. The van der Waals surface area contributed by atoms with E-state index in [0.717, 1.165) is 19.4 Å². The zero-order valence-electron chi connectivity index (χ0n) is 11.5. The molecule has 2 aliphatic rings. The molecule has 1 aromatic rings.